The van der Waals surface area contributed by atoms with Gasteiger partial charge in [0.25, 0.3) is 0 Å². The second-order valence-electron chi connectivity index (χ2n) is 10.5. The second-order valence-corrected chi connectivity index (χ2v) is 11.6. The van der Waals surface area contributed by atoms with Crippen LogP contribution in [0.1, 0.15) is 0 Å². The average molecular weight is 570 g/mol. The summed E-state index contributed by atoms with van der Waals surface area (Å²) >= 11 is 1.71. The topological polar surface area (TPSA) is 75.5 Å². The SMILES string of the molecule is CN(C(=O)CN1CCOCC1)c1ccc2sc3c(-c4cccc5c(=O)cc(N6CCOCC6)oc45)cccc3c2c1. The van der Waals surface area contributed by atoms with Crippen LogP contribution >= 0.6 is 11.3 Å². The van der Waals surface area contributed by atoms with Crippen molar-refractivity contribution in [2.45, 2.75) is 0 Å². The minimum atomic E-state index is -0.0486. The Hall–Kier alpha value is -3.76. The predicted molar refractivity (Wildman–Crippen MR) is 165 cm³/mol. The molecule has 9 heteroatoms. The Morgan fingerprint density at radius 2 is 1.56 bits per heavy atom. The van der Waals surface area contributed by atoms with Gasteiger partial charge >= 0.3 is 0 Å². The highest BCUT2D eigenvalue weighted by molar-refractivity contribution is 7.26. The molecular weight excluding hydrogens is 538 g/mol. The normalized spacial score (nSPS) is 16.6. The van der Waals surface area contributed by atoms with Crippen LogP contribution in [0, 0.1) is 0 Å². The van der Waals surface area contributed by atoms with Crippen LogP contribution < -0.4 is 15.2 Å². The third-order valence-electron chi connectivity index (χ3n) is 8.06. The molecule has 2 fully saturated rings. The maximum Gasteiger partial charge on any atom is 0.240 e. The lowest BCUT2D eigenvalue weighted by molar-refractivity contribution is -0.120. The van der Waals surface area contributed by atoms with Crippen molar-refractivity contribution in [3.63, 3.8) is 0 Å². The highest BCUT2D eigenvalue weighted by Crippen LogP contribution is 2.42. The Balaban J connectivity index is 1.29. The number of likely N-dealkylation sites (N-methyl/N-ethyl adjacent to an activating group) is 1. The number of para-hydroxylation sites is 1. The van der Waals surface area contributed by atoms with Crippen LogP contribution in [0.5, 0.6) is 0 Å². The van der Waals surface area contributed by atoms with Crippen LogP contribution in [-0.4, -0.2) is 77.0 Å². The zero-order chi connectivity index (χ0) is 27.9. The molecule has 2 aliphatic heterocycles. The van der Waals surface area contributed by atoms with Crippen molar-refractivity contribution < 1.29 is 18.7 Å². The van der Waals surface area contributed by atoms with Crippen molar-refractivity contribution in [1.82, 2.24) is 4.90 Å². The van der Waals surface area contributed by atoms with Crippen LogP contribution in [0.25, 0.3) is 42.3 Å². The molecule has 2 aliphatic rings. The van der Waals surface area contributed by atoms with Crippen LogP contribution in [0.2, 0.25) is 0 Å². The molecule has 0 unspecified atom stereocenters. The number of nitrogens with zero attached hydrogens (tertiary/aromatic N) is 3. The standard InChI is InChI=1S/C32H31N3O5S/c1-33(29(37)20-34-10-14-38-15-11-34)21-8-9-28-26(18-21)24-6-3-5-23(32(24)41-28)22-4-2-7-25-27(36)19-30(40-31(22)25)35-12-16-39-17-13-35/h2-9,18-19H,10-17,20H2,1H3. The molecule has 0 radical (unpaired) electrons. The van der Waals surface area contributed by atoms with E-state index in [0.29, 0.717) is 62.9 Å². The molecule has 0 bridgehead atoms. The number of hydrogen-bond acceptors (Lipinski definition) is 8. The number of ether oxygens (including phenoxy) is 2. The van der Waals surface area contributed by atoms with E-state index in [9.17, 15) is 9.59 Å². The number of carbonyl (C=O) groups is 1. The van der Waals surface area contributed by atoms with Crippen LogP contribution in [-0.2, 0) is 14.3 Å². The summed E-state index contributed by atoms with van der Waals surface area (Å²) in [5.74, 6) is 0.643. The zero-order valence-corrected chi connectivity index (χ0v) is 23.7. The van der Waals surface area contributed by atoms with Gasteiger partial charge in [-0.15, -0.1) is 11.3 Å². The lowest BCUT2D eigenvalue weighted by Gasteiger charge is -2.28. The van der Waals surface area contributed by atoms with Gasteiger partial charge in [0.1, 0.15) is 5.58 Å². The van der Waals surface area contributed by atoms with Crippen LogP contribution in [0.15, 0.2) is 69.9 Å². The maximum absolute atomic E-state index is 13.2. The number of carbonyl (C=O) groups excluding carboxylic acids is 1. The molecule has 5 aromatic rings. The largest absolute Gasteiger partial charge is 0.440 e. The Morgan fingerprint density at radius 3 is 2.34 bits per heavy atom. The number of morpholine rings is 2. The molecule has 0 atom stereocenters. The van der Waals surface area contributed by atoms with Crippen molar-refractivity contribution in [3.8, 4) is 11.1 Å². The molecule has 0 spiro atoms. The molecule has 210 valence electrons. The first-order chi connectivity index (χ1) is 20.1. The third kappa shape index (κ3) is 4.89. The molecule has 0 saturated carbocycles. The maximum atomic E-state index is 13.2. The fourth-order valence-electron chi connectivity index (χ4n) is 5.72. The molecule has 41 heavy (non-hydrogen) atoms. The van der Waals surface area contributed by atoms with E-state index in [0.717, 1.165) is 50.1 Å². The number of benzene rings is 3. The van der Waals surface area contributed by atoms with Gasteiger partial charge in [-0.05, 0) is 24.3 Å². The minimum Gasteiger partial charge on any atom is -0.440 e. The molecule has 7 rings (SSSR count). The van der Waals surface area contributed by atoms with Gasteiger partial charge in [0, 0.05) is 76.3 Å². The van der Waals surface area contributed by atoms with Gasteiger partial charge < -0.3 is 23.7 Å². The molecule has 1 amide bonds. The third-order valence-corrected chi connectivity index (χ3v) is 9.28. The molecule has 3 aromatic carbocycles. The van der Waals surface area contributed by atoms with E-state index in [1.54, 1.807) is 22.3 Å². The molecule has 8 nitrogen and oxygen atoms in total. The fraction of sp³-hybridized carbons (Fsp3) is 0.312. The van der Waals surface area contributed by atoms with Crippen molar-refractivity contribution in [1.29, 1.82) is 0 Å². The number of hydrogen-bond donors (Lipinski definition) is 0. The van der Waals surface area contributed by atoms with Crippen LogP contribution in [0.3, 0.4) is 0 Å². The Bertz CT molecular complexity index is 1820. The van der Waals surface area contributed by atoms with Crippen molar-refractivity contribution in [2.75, 3.05) is 76.0 Å². The summed E-state index contributed by atoms with van der Waals surface area (Å²) < 4.78 is 19.6. The van der Waals surface area contributed by atoms with Crippen LogP contribution in [0.4, 0.5) is 11.6 Å². The summed E-state index contributed by atoms with van der Waals surface area (Å²) in [6.45, 7) is 5.87. The summed E-state index contributed by atoms with van der Waals surface area (Å²) in [6.07, 6.45) is 0. The molecule has 2 saturated heterocycles. The first kappa shape index (κ1) is 26.2. The summed E-state index contributed by atoms with van der Waals surface area (Å²) in [6, 6.07) is 19.8. The van der Waals surface area contributed by atoms with Gasteiger partial charge in [0.15, 0.2) is 11.3 Å². The summed E-state index contributed by atoms with van der Waals surface area (Å²) in [4.78, 5) is 32.2. The highest BCUT2D eigenvalue weighted by Gasteiger charge is 2.21. The number of anilines is 2. The first-order valence-electron chi connectivity index (χ1n) is 14.0. The van der Waals surface area contributed by atoms with Gasteiger partial charge in [0.2, 0.25) is 5.91 Å². The Labute approximate surface area is 241 Å². The van der Waals surface area contributed by atoms with E-state index in [1.165, 1.54) is 0 Å². The monoisotopic (exact) mass is 569 g/mol. The number of amides is 1. The quantitative estimate of drug-likeness (QED) is 0.296. The lowest BCUT2D eigenvalue weighted by Crippen LogP contribution is -2.43. The molecule has 0 N–H and O–H groups in total. The van der Waals surface area contributed by atoms with Gasteiger partial charge in [-0.25, -0.2) is 0 Å². The molecular formula is C32H31N3O5S. The van der Waals surface area contributed by atoms with E-state index in [-0.39, 0.29) is 11.3 Å². The van der Waals surface area contributed by atoms with Crippen molar-refractivity contribution in [3.05, 3.63) is 70.9 Å². The van der Waals surface area contributed by atoms with Gasteiger partial charge in [-0.2, -0.15) is 0 Å². The highest BCUT2D eigenvalue weighted by atomic mass is 32.1. The van der Waals surface area contributed by atoms with E-state index in [1.807, 2.05) is 37.4 Å². The van der Waals surface area contributed by atoms with Gasteiger partial charge in [-0.3, -0.25) is 14.5 Å². The van der Waals surface area contributed by atoms with E-state index in [4.69, 9.17) is 13.9 Å². The Kier molecular flexibility index (Phi) is 6.96. The Morgan fingerprint density at radius 1 is 0.854 bits per heavy atom. The summed E-state index contributed by atoms with van der Waals surface area (Å²) in [7, 11) is 1.84. The van der Waals surface area contributed by atoms with E-state index < -0.39 is 0 Å². The predicted octanol–water partition coefficient (Wildman–Crippen LogP) is 4.96. The minimum absolute atomic E-state index is 0.0486. The fourth-order valence-corrected chi connectivity index (χ4v) is 6.94. The van der Waals surface area contributed by atoms with Gasteiger partial charge in [-0.1, -0.05) is 30.3 Å². The number of fused-ring (bicyclic) bond motifs is 4. The van der Waals surface area contributed by atoms with E-state index >= 15 is 0 Å². The lowest BCUT2D eigenvalue weighted by atomic mass is 10.0. The summed E-state index contributed by atoms with van der Waals surface area (Å²) in [5.41, 5.74) is 3.33. The van der Waals surface area contributed by atoms with Crippen molar-refractivity contribution >= 4 is 60.0 Å². The second kappa shape index (κ2) is 10.9. The summed E-state index contributed by atoms with van der Waals surface area (Å²) in [5, 5.41) is 2.79. The number of rotatable bonds is 5. The number of thiophene rings is 1. The smallest absolute Gasteiger partial charge is 0.240 e. The average Bonchev–Trinajstić information content (AvgIpc) is 3.39. The zero-order valence-electron chi connectivity index (χ0n) is 22.9. The first-order valence-corrected chi connectivity index (χ1v) is 14.8. The van der Waals surface area contributed by atoms with E-state index in [2.05, 4.69) is 34.1 Å². The molecule has 2 aromatic heterocycles. The molecule has 4 heterocycles. The van der Waals surface area contributed by atoms with Gasteiger partial charge in [0.05, 0.1) is 38.4 Å². The molecule has 0 aliphatic carbocycles. The van der Waals surface area contributed by atoms with Crippen molar-refractivity contribution in [2.24, 2.45) is 0 Å².